The highest BCUT2D eigenvalue weighted by atomic mass is 35.5. The molecule has 0 radical (unpaired) electrons. The van der Waals surface area contributed by atoms with Crippen LogP contribution in [0.2, 0.25) is 10.0 Å². The Labute approximate surface area is 91.7 Å². The second kappa shape index (κ2) is 3.85. The first-order valence-electron chi connectivity index (χ1n) is 4.16. The lowest BCUT2D eigenvalue weighted by atomic mass is 10.2. The molecular weight excluding hydrogens is 225 g/mol. The van der Waals surface area contributed by atoms with E-state index in [1.54, 1.807) is 12.1 Å². The monoisotopic (exact) mass is 233 g/mol. The highest BCUT2D eigenvalue weighted by Gasteiger charge is 2.21. The number of hydrogen-bond acceptors (Lipinski definition) is 3. The average Bonchev–Trinajstić information content (AvgIpc) is 2.06. The van der Waals surface area contributed by atoms with Gasteiger partial charge in [0, 0.05) is 6.07 Å². The van der Waals surface area contributed by atoms with Crippen molar-refractivity contribution in [2.45, 2.75) is 6.10 Å². The quantitative estimate of drug-likeness (QED) is 0.799. The van der Waals surface area contributed by atoms with Crippen LogP contribution in [-0.2, 0) is 4.74 Å². The first kappa shape index (κ1) is 9.90. The summed E-state index contributed by atoms with van der Waals surface area (Å²) >= 11 is 11.6. The molecule has 1 aromatic carbocycles. The van der Waals surface area contributed by atoms with Crippen LogP contribution in [0.5, 0.6) is 5.75 Å². The molecule has 1 heterocycles. The zero-order chi connectivity index (χ0) is 10.1. The van der Waals surface area contributed by atoms with Crippen molar-refractivity contribution in [3.8, 4) is 5.75 Å². The van der Waals surface area contributed by atoms with Crippen LogP contribution in [0.4, 0.5) is 5.69 Å². The van der Waals surface area contributed by atoms with Gasteiger partial charge in [0.05, 0.1) is 28.9 Å². The molecular formula is C9H9Cl2NO2. The molecule has 0 aromatic heterocycles. The molecule has 1 saturated heterocycles. The minimum absolute atomic E-state index is 0.0783. The maximum absolute atomic E-state index is 5.83. The summed E-state index contributed by atoms with van der Waals surface area (Å²) in [5.41, 5.74) is 6.20. The van der Waals surface area contributed by atoms with E-state index in [1.165, 1.54) is 0 Å². The van der Waals surface area contributed by atoms with Crippen LogP contribution in [0.1, 0.15) is 0 Å². The molecule has 2 N–H and O–H groups in total. The van der Waals surface area contributed by atoms with Crippen LogP contribution in [0.15, 0.2) is 12.1 Å². The van der Waals surface area contributed by atoms with E-state index in [-0.39, 0.29) is 6.10 Å². The fourth-order valence-corrected chi connectivity index (χ4v) is 1.43. The van der Waals surface area contributed by atoms with Crippen molar-refractivity contribution in [2.24, 2.45) is 0 Å². The Bertz CT molecular complexity index is 353. The number of benzene rings is 1. The number of nitrogens with two attached hydrogens (primary N) is 1. The number of ether oxygens (including phenoxy) is 2. The fraction of sp³-hybridized carbons (Fsp3) is 0.333. The average molecular weight is 234 g/mol. The lowest BCUT2D eigenvalue weighted by Crippen LogP contribution is -2.38. The maximum atomic E-state index is 5.83. The van der Waals surface area contributed by atoms with Crippen LogP contribution >= 0.6 is 23.2 Å². The summed E-state index contributed by atoms with van der Waals surface area (Å²) in [4.78, 5) is 0. The van der Waals surface area contributed by atoms with Crippen molar-refractivity contribution < 1.29 is 9.47 Å². The predicted molar refractivity (Wildman–Crippen MR) is 56.1 cm³/mol. The van der Waals surface area contributed by atoms with Gasteiger partial charge in [-0.2, -0.15) is 0 Å². The van der Waals surface area contributed by atoms with Crippen molar-refractivity contribution in [3.63, 3.8) is 0 Å². The third-order valence-corrected chi connectivity index (χ3v) is 2.68. The molecule has 5 heteroatoms. The predicted octanol–water partition coefficient (Wildman–Crippen LogP) is 2.35. The van der Waals surface area contributed by atoms with E-state index in [9.17, 15) is 0 Å². The highest BCUT2D eigenvalue weighted by Crippen LogP contribution is 2.33. The molecule has 0 spiro atoms. The lowest BCUT2D eigenvalue weighted by Gasteiger charge is -2.27. The van der Waals surface area contributed by atoms with E-state index in [1.807, 2.05) is 0 Å². The SMILES string of the molecule is Nc1cc(Cl)c(Cl)cc1OC1COC1. The van der Waals surface area contributed by atoms with E-state index >= 15 is 0 Å². The minimum Gasteiger partial charge on any atom is -0.483 e. The van der Waals surface area contributed by atoms with Crippen molar-refractivity contribution in [1.82, 2.24) is 0 Å². The van der Waals surface area contributed by atoms with Gasteiger partial charge in [0.1, 0.15) is 11.9 Å². The van der Waals surface area contributed by atoms with Crippen molar-refractivity contribution in [1.29, 1.82) is 0 Å². The molecule has 3 nitrogen and oxygen atoms in total. The van der Waals surface area contributed by atoms with E-state index in [0.29, 0.717) is 34.7 Å². The highest BCUT2D eigenvalue weighted by molar-refractivity contribution is 6.42. The van der Waals surface area contributed by atoms with Gasteiger partial charge in [-0.05, 0) is 6.07 Å². The number of rotatable bonds is 2. The molecule has 0 aliphatic carbocycles. The summed E-state index contributed by atoms with van der Waals surface area (Å²) in [6, 6.07) is 3.20. The fourth-order valence-electron chi connectivity index (χ4n) is 1.11. The summed E-state index contributed by atoms with van der Waals surface area (Å²) in [5, 5.41) is 0.873. The van der Waals surface area contributed by atoms with Crippen molar-refractivity contribution in [3.05, 3.63) is 22.2 Å². The molecule has 0 bridgehead atoms. The number of nitrogen functional groups attached to an aromatic ring is 1. The normalized spacial score (nSPS) is 16.4. The van der Waals surface area contributed by atoms with Crippen molar-refractivity contribution in [2.75, 3.05) is 18.9 Å². The Morgan fingerprint density at radius 2 is 1.93 bits per heavy atom. The smallest absolute Gasteiger partial charge is 0.145 e. The van der Waals surface area contributed by atoms with Crippen LogP contribution < -0.4 is 10.5 Å². The van der Waals surface area contributed by atoms with Crippen molar-refractivity contribution >= 4 is 28.9 Å². The second-order valence-corrected chi connectivity index (χ2v) is 3.90. The zero-order valence-electron chi connectivity index (χ0n) is 7.30. The number of halogens is 2. The maximum Gasteiger partial charge on any atom is 0.145 e. The summed E-state index contributed by atoms with van der Waals surface area (Å²) in [7, 11) is 0. The summed E-state index contributed by atoms with van der Waals surface area (Å²) in [6.07, 6.45) is 0.0783. The van der Waals surface area contributed by atoms with Crippen LogP contribution in [0.25, 0.3) is 0 Å². The Morgan fingerprint density at radius 3 is 2.50 bits per heavy atom. The van der Waals surface area contributed by atoms with Gasteiger partial charge in [-0.3, -0.25) is 0 Å². The Hall–Kier alpha value is -0.640. The molecule has 0 saturated carbocycles. The van der Waals surface area contributed by atoms with E-state index in [2.05, 4.69) is 0 Å². The Balaban J connectivity index is 2.19. The summed E-state index contributed by atoms with van der Waals surface area (Å²) in [5.74, 6) is 0.563. The molecule has 2 rings (SSSR count). The van der Waals surface area contributed by atoms with Gasteiger partial charge in [0.2, 0.25) is 0 Å². The Morgan fingerprint density at radius 1 is 1.29 bits per heavy atom. The molecule has 0 amide bonds. The molecule has 1 aromatic rings. The van der Waals surface area contributed by atoms with Crippen LogP contribution in [0, 0.1) is 0 Å². The molecule has 76 valence electrons. The first-order chi connectivity index (χ1) is 6.66. The van der Waals surface area contributed by atoms with Gasteiger partial charge < -0.3 is 15.2 Å². The van der Waals surface area contributed by atoms with Gasteiger partial charge in [-0.1, -0.05) is 23.2 Å². The van der Waals surface area contributed by atoms with E-state index < -0.39 is 0 Å². The first-order valence-corrected chi connectivity index (χ1v) is 4.91. The van der Waals surface area contributed by atoms with Crippen LogP contribution in [0.3, 0.4) is 0 Å². The number of anilines is 1. The van der Waals surface area contributed by atoms with Crippen LogP contribution in [-0.4, -0.2) is 19.3 Å². The van der Waals surface area contributed by atoms with Gasteiger partial charge >= 0.3 is 0 Å². The summed E-state index contributed by atoms with van der Waals surface area (Å²) in [6.45, 7) is 1.19. The number of hydrogen-bond donors (Lipinski definition) is 1. The van der Waals surface area contributed by atoms with E-state index in [0.717, 1.165) is 0 Å². The molecule has 0 atom stereocenters. The molecule has 0 unspecified atom stereocenters. The second-order valence-electron chi connectivity index (χ2n) is 3.08. The minimum atomic E-state index is 0.0783. The van der Waals surface area contributed by atoms with E-state index in [4.69, 9.17) is 38.4 Å². The van der Waals surface area contributed by atoms with Gasteiger partial charge in [-0.15, -0.1) is 0 Å². The molecule has 1 fully saturated rings. The van der Waals surface area contributed by atoms with Gasteiger partial charge in [0.15, 0.2) is 0 Å². The topological polar surface area (TPSA) is 44.5 Å². The zero-order valence-corrected chi connectivity index (χ0v) is 8.81. The third-order valence-electron chi connectivity index (χ3n) is 1.95. The van der Waals surface area contributed by atoms with Gasteiger partial charge in [0.25, 0.3) is 0 Å². The third kappa shape index (κ3) is 1.90. The standard InChI is InChI=1S/C9H9Cl2NO2/c10-6-1-8(12)9(2-7(6)11)14-5-3-13-4-5/h1-2,5H,3-4,12H2. The molecule has 1 aliphatic rings. The molecule has 14 heavy (non-hydrogen) atoms. The lowest BCUT2D eigenvalue weighted by molar-refractivity contribution is -0.0793. The molecule has 1 aliphatic heterocycles. The summed E-state index contributed by atoms with van der Waals surface area (Å²) < 4.78 is 10.5. The largest absolute Gasteiger partial charge is 0.483 e. The Kier molecular flexibility index (Phi) is 2.72. The van der Waals surface area contributed by atoms with Gasteiger partial charge in [-0.25, -0.2) is 0 Å².